The molecule has 0 N–H and O–H groups in total. The highest BCUT2D eigenvalue weighted by Gasteiger charge is 2.33. The van der Waals surface area contributed by atoms with Gasteiger partial charge in [0.05, 0.1) is 56.9 Å². The molecule has 0 unspecified atom stereocenters. The average Bonchev–Trinajstić information content (AvgIpc) is 1.66. The van der Waals surface area contributed by atoms with E-state index in [1.54, 1.807) is 158 Å². The minimum atomic E-state index is -0.344. The van der Waals surface area contributed by atoms with Crippen molar-refractivity contribution in [2.75, 3.05) is 49.0 Å². The molecule has 30 heteroatoms. The minimum Gasteiger partial charge on any atom is -0.269 e. The Kier molecular flexibility index (Phi) is 37.3. The van der Waals surface area contributed by atoms with E-state index in [0.717, 1.165) is 75.8 Å². The number of imide groups is 10. The van der Waals surface area contributed by atoms with E-state index in [0.29, 0.717) is 69.7 Å². The van der Waals surface area contributed by atoms with Crippen molar-refractivity contribution in [3.63, 3.8) is 0 Å². The summed E-state index contributed by atoms with van der Waals surface area (Å²) in [4.78, 5) is 240. The second kappa shape index (κ2) is 50.9. The molecular weight excluding hydrogens is 1830 g/mol. The van der Waals surface area contributed by atoms with Crippen LogP contribution < -0.4 is 49.0 Å². The summed E-state index contributed by atoms with van der Waals surface area (Å²) in [6, 6.07) is 77.7. The highest BCUT2D eigenvalue weighted by Crippen LogP contribution is 2.30. The van der Waals surface area contributed by atoms with Crippen LogP contribution in [-0.2, 0) is 128 Å². The third kappa shape index (κ3) is 27.3. The van der Waals surface area contributed by atoms with Gasteiger partial charge in [0.2, 0.25) is 0 Å². The van der Waals surface area contributed by atoms with E-state index in [-0.39, 0.29) is 118 Å². The second-order valence-electron chi connectivity index (χ2n) is 32.0. The molecule has 30 nitrogen and oxygen atoms in total. The standard InChI is InChI=1S/2C21H14N2O4.3C12H11NO2.3C10H7NO2.2C3H8/c2*24-18-9-10-19(25)22(18)16-5-1-14(2-6-16)13-15-3-7-17(8-4-15)23-20(26)11-12-21(23)27;3*1-2-9-3-5-10(6-4-9)13-11(14)7-8-12(13)15;3*12-9-6-7-10(13)11(9)8-4-2-1-3-5-8;2*1-3-2/h2*1-12H,13H2;3*3-8H,2H2,1H3;3*1-7H;2*3H2,1-2H3. The van der Waals surface area contributed by atoms with Gasteiger partial charge in [0, 0.05) is 122 Å². The third-order valence-electron chi connectivity index (χ3n) is 21.5. The SMILES string of the molecule is CCC.CCC.CCc1ccc(N2C(=O)C=CC2=O)cc1.CCc1ccc(N2C(=O)C=CC2=O)cc1.CCc1ccc(N2C(=O)C=CC2=O)cc1.O=C1C=CC(=O)N1c1ccc(Cc2ccc(N3C(=O)C=CC3=O)cc2)cc1.O=C1C=CC(=O)N1c1ccc(Cc2ccc(N3C(=O)C=CC3=O)cc2)cc1.O=C1C=CC(=O)N1c1ccccc1.O=C1C=CC(=O)N1c1ccccc1.O=C1C=CC(=O)N1c1ccccc1. The maximum Gasteiger partial charge on any atom is 0.258 e. The maximum absolute atomic E-state index is 11.7. The summed E-state index contributed by atoms with van der Waals surface area (Å²) < 4.78 is 0. The predicted molar refractivity (Wildman–Crippen MR) is 546 cm³/mol. The lowest BCUT2D eigenvalue weighted by molar-refractivity contribution is -0.121. The van der Waals surface area contributed by atoms with Crippen LogP contribution in [0.15, 0.2) is 382 Å². The van der Waals surface area contributed by atoms with Gasteiger partial charge in [-0.05, 0) is 192 Å². The highest BCUT2D eigenvalue weighted by molar-refractivity contribution is 6.34. The van der Waals surface area contributed by atoms with Crippen LogP contribution >= 0.6 is 0 Å². The molecule has 0 aromatic heterocycles. The molecule has 0 aliphatic carbocycles. The molecule has 10 aliphatic heterocycles. The van der Waals surface area contributed by atoms with Crippen molar-refractivity contribution in [3.05, 3.63) is 421 Å². The van der Waals surface area contributed by atoms with Gasteiger partial charge in [0.1, 0.15) is 0 Å². The number of hydrogen-bond acceptors (Lipinski definition) is 20. The Hall–Kier alpha value is -19.0. The van der Waals surface area contributed by atoms with Gasteiger partial charge in [0.25, 0.3) is 118 Å². The molecule has 10 aliphatic rings. The monoisotopic (exact) mass is 1930 g/mol. The molecule has 10 aromatic rings. The summed E-state index contributed by atoms with van der Waals surface area (Å²) in [6.07, 6.45) is 32.0. The molecule has 724 valence electrons. The maximum atomic E-state index is 11.7. The molecule has 10 heterocycles. The molecule has 20 rings (SSSR count). The van der Waals surface area contributed by atoms with Crippen LogP contribution in [0.2, 0.25) is 0 Å². The number of para-hydroxylation sites is 3. The van der Waals surface area contributed by atoms with Crippen molar-refractivity contribution < 1.29 is 95.9 Å². The van der Waals surface area contributed by atoms with Crippen molar-refractivity contribution >= 4 is 175 Å². The van der Waals surface area contributed by atoms with E-state index in [4.69, 9.17) is 0 Å². The molecule has 0 saturated heterocycles. The fraction of sp³-hybridized carbons (Fsp3) is 0.123. The van der Waals surface area contributed by atoms with Gasteiger partial charge in [-0.25, -0.2) is 49.0 Å². The fourth-order valence-corrected chi connectivity index (χ4v) is 14.4. The Morgan fingerprint density at radius 3 is 0.312 bits per heavy atom. The Morgan fingerprint density at radius 2 is 0.215 bits per heavy atom. The Bertz CT molecular complexity index is 6020. The average molecular weight is 1930 g/mol. The van der Waals surface area contributed by atoms with Gasteiger partial charge in [-0.15, -0.1) is 0 Å². The summed E-state index contributed by atoms with van der Waals surface area (Å²) in [5.74, 6) is -6.08. The van der Waals surface area contributed by atoms with Crippen LogP contribution in [-0.4, -0.2) is 118 Å². The first-order valence-electron chi connectivity index (χ1n) is 45.8. The van der Waals surface area contributed by atoms with Crippen molar-refractivity contribution in [3.8, 4) is 0 Å². The van der Waals surface area contributed by atoms with E-state index in [2.05, 4.69) is 48.5 Å². The topological polar surface area (TPSA) is 374 Å². The summed E-state index contributed by atoms with van der Waals surface area (Å²) in [5.41, 5.74) is 13.5. The number of carbonyl (C=O) groups excluding carboxylic acids is 20. The number of rotatable bonds is 17. The molecule has 144 heavy (non-hydrogen) atoms. The molecular formula is C114H98N10O20. The zero-order valence-electron chi connectivity index (χ0n) is 79.5. The first-order chi connectivity index (χ1) is 69.4. The van der Waals surface area contributed by atoms with E-state index in [1.807, 2.05) is 103 Å². The van der Waals surface area contributed by atoms with Crippen LogP contribution in [0.3, 0.4) is 0 Å². The number of amides is 20. The van der Waals surface area contributed by atoms with E-state index in [9.17, 15) is 95.9 Å². The van der Waals surface area contributed by atoms with Gasteiger partial charge in [-0.1, -0.05) is 201 Å². The lowest BCUT2D eigenvalue weighted by Crippen LogP contribution is -2.29. The first-order valence-corrected chi connectivity index (χ1v) is 45.8. The van der Waals surface area contributed by atoms with Gasteiger partial charge < -0.3 is 0 Å². The van der Waals surface area contributed by atoms with Crippen LogP contribution in [0.1, 0.15) is 100 Å². The lowest BCUT2D eigenvalue weighted by atomic mass is 10.0. The smallest absolute Gasteiger partial charge is 0.258 e. The molecule has 0 bridgehead atoms. The normalized spacial score (nSPS) is 15.2. The number of benzene rings is 10. The number of hydrogen-bond donors (Lipinski definition) is 0. The fourth-order valence-electron chi connectivity index (χ4n) is 14.4. The number of carbonyl (C=O) groups is 20. The largest absolute Gasteiger partial charge is 0.269 e. The molecule has 0 atom stereocenters. The summed E-state index contributed by atoms with van der Waals surface area (Å²) in [5, 5.41) is 0. The molecule has 0 spiro atoms. The Balaban J connectivity index is 0.000000158. The van der Waals surface area contributed by atoms with E-state index in [1.165, 1.54) is 166 Å². The minimum absolute atomic E-state index is 0.274. The summed E-state index contributed by atoms with van der Waals surface area (Å²) in [7, 11) is 0. The molecule has 0 saturated carbocycles. The number of anilines is 10. The molecule has 0 radical (unpaired) electrons. The Labute approximate surface area is 830 Å². The van der Waals surface area contributed by atoms with Crippen LogP contribution in [0.5, 0.6) is 0 Å². The van der Waals surface area contributed by atoms with Gasteiger partial charge in [-0.3, -0.25) is 95.9 Å². The van der Waals surface area contributed by atoms with Gasteiger partial charge in [-0.2, -0.15) is 0 Å². The summed E-state index contributed by atoms with van der Waals surface area (Å²) >= 11 is 0. The molecule has 0 fully saturated rings. The zero-order chi connectivity index (χ0) is 104. The van der Waals surface area contributed by atoms with Gasteiger partial charge in [0.15, 0.2) is 0 Å². The number of aryl methyl sites for hydroxylation is 3. The first kappa shape index (κ1) is 105. The quantitative estimate of drug-likeness (QED) is 0.0764. The lowest BCUT2D eigenvalue weighted by Gasteiger charge is -2.15. The van der Waals surface area contributed by atoms with Crippen LogP contribution in [0, 0.1) is 0 Å². The second-order valence-corrected chi connectivity index (χ2v) is 32.0. The number of nitrogens with zero attached hydrogens (tertiary/aromatic N) is 10. The Morgan fingerprint density at radius 1 is 0.125 bits per heavy atom. The van der Waals surface area contributed by atoms with Crippen molar-refractivity contribution in [1.29, 1.82) is 0 Å². The van der Waals surface area contributed by atoms with Crippen molar-refractivity contribution in [1.82, 2.24) is 0 Å². The van der Waals surface area contributed by atoms with Crippen LogP contribution in [0.25, 0.3) is 0 Å². The molecule has 20 amide bonds. The summed E-state index contributed by atoms with van der Waals surface area (Å²) in [6.45, 7) is 14.7. The zero-order valence-corrected chi connectivity index (χ0v) is 79.5. The van der Waals surface area contributed by atoms with Gasteiger partial charge >= 0.3 is 0 Å². The third-order valence-corrected chi connectivity index (χ3v) is 21.5. The van der Waals surface area contributed by atoms with Crippen molar-refractivity contribution in [2.45, 2.75) is 93.4 Å². The van der Waals surface area contributed by atoms with E-state index >= 15 is 0 Å². The van der Waals surface area contributed by atoms with Crippen molar-refractivity contribution in [2.24, 2.45) is 0 Å². The highest BCUT2D eigenvalue weighted by atomic mass is 16.2. The predicted octanol–water partition coefficient (Wildman–Crippen LogP) is 15.5. The molecule has 10 aromatic carbocycles. The van der Waals surface area contributed by atoms with E-state index < -0.39 is 0 Å². The van der Waals surface area contributed by atoms with Crippen LogP contribution in [0.4, 0.5) is 56.9 Å².